The lowest BCUT2D eigenvalue weighted by Crippen LogP contribution is -2.28. The summed E-state index contributed by atoms with van der Waals surface area (Å²) in [5.41, 5.74) is -0.404. The number of hydrogen-bond acceptors (Lipinski definition) is 3. The zero-order valence-corrected chi connectivity index (χ0v) is 9.99. The first-order chi connectivity index (χ1) is 8.54. The van der Waals surface area contributed by atoms with Gasteiger partial charge in [-0.3, -0.25) is 0 Å². The smallest absolute Gasteiger partial charge is 0.381 e. The molecular formula is C13H14F2O3. The lowest BCUT2D eigenvalue weighted by atomic mass is 10.1. The molecule has 0 aliphatic heterocycles. The molecule has 0 unspecified atom stereocenters. The van der Waals surface area contributed by atoms with Gasteiger partial charge in [-0.15, -0.1) is 0 Å². The maximum Gasteiger partial charge on any atom is 0.381 e. The third-order valence-corrected chi connectivity index (χ3v) is 2.56. The van der Waals surface area contributed by atoms with Gasteiger partial charge in [0, 0.05) is 5.56 Å². The largest absolute Gasteiger partial charge is 0.490 e. The van der Waals surface area contributed by atoms with Gasteiger partial charge in [0.1, 0.15) is 5.75 Å². The molecule has 0 amide bonds. The Balaban J connectivity index is 2.17. The predicted octanol–water partition coefficient (Wildman–Crippen LogP) is 2.88. The van der Waals surface area contributed by atoms with Gasteiger partial charge < -0.3 is 9.47 Å². The lowest BCUT2D eigenvalue weighted by Gasteiger charge is -2.15. The van der Waals surface area contributed by atoms with Gasteiger partial charge in [0.05, 0.1) is 12.7 Å². The van der Waals surface area contributed by atoms with Crippen LogP contribution in [0.3, 0.4) is 0 Å². The number of alkyl halides is 2. The zero-order valence-electron chi connectivity index (χ0n) is 9.99. The Morgan fingerprint density at radius 3 is 2.78 bits per heavy atom. The topological polar surface area (TPSA) is 35.5 Å². The molecule has 0 aromatic heterocycles. The van der Waals surface area contributed by atoms with Crippen LogP contribution in [0.4, 0.5) is 8.78 Å². The number of carbonyl (C=O) groups is 1. The first-order valence-corrected chi connectivity index (χ1v) is 5.86. The van der Waals surface area contributed by atoms with Crippen molar-refractivity contribution in [3.8, 4) is 5.75 Å². The highest BCUT2D eigenvalue weighted by Crippen LogP contribution is 2.33. The molecule has 0 saturated heterocycles. The van der Waals surface area contributed by atoms with E-state index in [2.05, 4.69) is 4.74 Å². The first-order valence-electron chi connectivity index (χ1n) is 5.86. The summed E-state index contributed by atoms with van der Waals surface area (Å²) < 4.78 is 37.3. The first kappa shape index (κ1) is 12.8. The minimum Gasteiger partial charge on any atom is -0.490 e. The van der Waals surface area contributed by atoms with Crippen LogP contribution in [-0.2, 0) is 15.5 Å². The van der Waals surface area contributed by atoms with Crippen LogP contribution in [0.1, 0.15) is 25.3 Å². The highest BCUT2D eigenvalue weighted by atomic mass is 19.3. The molecule has 0 atom stereocenters. The number of esters is 1. The van der Waals surface area contributed by atoms with Gasteiger partial charge in [-0.05, 0) is 31.9 Å². The van der Waals surface area contributed by atoms with Crippen LogP contribution in [0.15, 0.2) is 24.3 Å². The van der Waals surface area contributed by atoms with E-state index in [9.17, 15) is 13.6 Å². The van der Waals surface area contributed by atoms with E-state index in [1.807, 2.05) is 0 Å². The van der Waals surface area contributed by atoms with Gasteiger partial charge in [0.25, 0.3) is 0 Å². The second-order valence-corrected chi connectivity index (χ2v) is 4.14. The highest BCUT2D eigenvalue weighted by Gasteiger charge is 2.43. The second kappa shape index (κ2) is 4.92. The molecule has 0 spiro atoms. The van der Waals surface area contributed by atoms with E-state index in [0.29, 0.717) is 5.75 Å². The molecule has 0 heterocycles. The maximum atomic E-state index is 13.7. The van der Waals surface area contributed by atoms with Gasteiger partial charge in [0.2, 0.25) is 0 Å². The fourth-order valence-corrected chi connectivity index (χ4v) is 1.48. The average Bonchev–Trinajstić information content (AvgIpc) is 3.13. The van der Waals surface area contributed by atoms with Gasteiger partial charge in [-0.2, -0.15) is 8.78 Å². The normalized spacial score (nSPS) is 15.3. The van der Waals surface area contributed by atoms with E-state index in [-0.39, 0.29) is 12.7 Å². The maximum absolute atomic E-state index is 13.7. The van der Waals surface area contributed by atoms with Crippen molar-refractivity contribution in [2.24, 2.45) is 0 Å². The Morgan fingerprint density at radius 2 is 2.17 bits per heavy atom. The second-order valence-electron chi connectivity index (χ2n) is 4.14. The average molecular weight is 256 g/mol. The standard InChI is InChI=1S/C13H14F2O3/c1-2-17-12(16)13(14,15)9-4-3-5-11(8-9)18-10-6-7-10/h3-5,8,10H,2,6-7H2,1H3. The molecule has 18 heavy (non-hydrogen) atoms. The summed E-state index contributed by atoms with van der Waals surface area (Å²) in [6, 6.07) is 5.43. The van der Waals surface area contributed by atoms with Gasteiger partial charge in [-0.25, -0.2) is 4.79 Å². The van der Waals surface area contributed by atoms with E-state index in [0.717, 1.165) is 12.8 Å². The minimum absolute atomic E-state index is 0.0767. The van der Waals surface area contributed by atoms with Gasteiger partial charge >= 0.3 is 11.9 Å². The van der Waals surface area contributed by atoms with Crippen molar-refractivity contribution in [1.82, 2.24) is 0 Å². The summed E-state index contributed by atoms with van der Waals surface area (Å²) in [5, 5.41) is 0. The number of carbonyl (C=O) groups excluding carboxylic acids is 1. The molecule has 1 saturated carbocycles. The Bertz CT molecular complexity index is 442. The fourth-order valence-electron chi connectivity index (χ4n) is 1.48. The van der Waals surface area contributed by atoms with Crippen molar-refractivity contribution in [3.05, 3.63) is 29.8 Å². The summed E-state index contributed by atoms with van der Waals surface area (Å²) >= 11 is 0. The van der Waals surface area contributed by atoms with Crippen molar-refractivity contribution in [2.45, 2.75) is 31.8 Å². The van der Waals surface area contributed by atoms with Crippen LogP contribution in [0.5, 0.6) is 5.75 Å². The summed E-state index contributed by atoms with van der Waals surface area (Å²) in [6.07, 6.45) is 2.01. The van der Waals surface area contributed by atoms with E-state index in [4.69, 9.17) is 4.74 Å². The number of ether oxygens (including phenoxy) is 2. The molecule has 0 N–H and O–H groups in total. The molecule has 1 fully saturated rings. The number of benzene rings is 1. The zero-order chi connectivity index (χ0) is 13.2. The van der Waals surface area contributed by atoms with Crippen LogP contribution in [-0.4, -0.2) is 18.7 Å². The van der Waals surface area contributed by atoms with E-state index in [1.165, 1.54) is 25.1 Å². The number of hydrogen-bond donors (Lipinski definition) is 0. The third kappa shape index (κ3) is 2.78. The van der Waals surface area contributed by atoms with Crippen molar-refractivity contribution < 1.29 is 23.0 Å². The van der Waals surface area contributed by atoms with Crippen LogP contribution < -0.4 is 4.74 Å². The van der Waals surface area contributed by atoms with Crippen LogP contribution in [0.25, 0.3) is 0 Å². The number of rotatable bonds is 5. The molecular weight excluding hydrogens is 242 g/mol. The Kier molecular flexibility index (Phi) is 3.50. The van der Waals surface area contributed by atoms with E-state index >= 15 is 0 Å². The molecule has 0 radical (unpaired) electrons. The molecule has 3 nitrogen and oxygen atoms in total. The molecule has 1 aromatic rings. The number of halogens is 2. The molecule has 5 heteroatoms. The Labute approximate surface area is 104 Å². The molecule has 1 aliphatic rings. The Morgan fingerprint density at radius 1 is 1.44 bits per heavy atom. The van der Waals surface area contributed by atoms with E-state index < -0.39 is 17.5 Å². The lowest BCUT2D eigenvalue weighted by molar-refractivity contribution is -0.173. The molecule has 0 bridgehead atoms. The van der Waals surface area contributed by atoms with Crippen molar-refractivity contribution in [2.75, 3.05) is 6.61 Å². The quantitative estimate of drug-likeness (QED) is 0.760. The summed E-state index contributed by atoms with van der Waals surface area (Å²) in [5.74, 6) is -4.81. The van der Waals surface area contributed by atoms with Crippen LogP contribution in [0, 0.1) is 0 Å². The van der Waals surface area contributed by atoms with Crippen LogP contribution >= 0.6 is 0 Å². The monoisotopic (exact) mass is 256 g/mol. The predicted molar refractivity (Wildman–Crippen MR) is 60.6 cm³/mol. The van der Waals surface area contributed by atoms with Crippen LogP contribution in [0.2, 0.25) is 0 Å². The third-order valence-electron chi connectivity index (χ3n) is 2.56. The Hall–Kier alpha value is -1.65. The summed E-state index contributed by atoms with van der Waals surface area (Å²) in [6.45, 7) is 1.41. The minimum atomic E-state index is -3.64. The molecule has 98 valence electrons. The van der Waals surface area contributed by atoms with Gasteiger partial charge in [-0.1, -0.05) is 12.1 Å². The van der Waals surface area contributed by atoms with Crippen molar-refractivity contribution in [3.63, 3.8) is 0 Å². The summed E-state index contributed by atoms with van der Waals surface area (Å²) in [4.78, 5) is 11.2. The summed E-state index contributed by atoms with van der Waals surface area (Å²) in [7, 11) is 0. The van der Waals surface area contributed by atoms with Crippen molar-refractivity contribution >= 4 is 5.97 Å². The fraction of sp³-hybridized carbons (Fsp3) is 0.462. The highest BCUT2D eigenvalue weighted by molar-refractivity contribution is 5.79. The van der Waals surface area contributed by atoms with E-state index in [1.54, 1.807) is 6.07 Å². The molecule has 1 aliphatic carbocycles. The molecule has 1 aromatic carbocycles. The van der Waals surface area contributed by atoms with Crippen molar-refractivity contribution in [1.29, 1.82) is 0 Å². The SMILES string of the molecule is CCOC(=O)C(F)(F)c1cccc(OC2CC2)c1. The molecule has 2 rings (SSSR count). The van der Waals surface area contributed by atoms with Gasteiger partial charge in [0.15, 0.2) is 0 Å².